The van der Waals surface area contributed by atoms with Gasteiger partial charge in [0.2, 0.25) is 0 Å². The molecule has 25 heavy (non-hydrogen) atoms. The molecule has 0 bridgehead atoms. The summed E-state index contributed by atoms with van der Waals surface area (Å²) in [5.41, 5.74) is 0.703. The number of hydrogen-bond donors (Lipinski definition) is 1. The lowest BCUT2D eigenvalue weighted by Crippen LogP contribution is -2.43. The molecular formula is C19H27F2N3O. The Kier molecular flexibility index (Phi) is 5.76. The molecule has 2 fully saturated rings. The molecule has 1 aliphatic heterocycles. The molecule has 1 N–H and O–H groups in total. The third kappa shape index (κ3) is 4.83. The molecule has 4 nitrogen and oxygen atoms in total. The normalized spacial score (nSPS) is 20.0. The molecule has 1 atom stereocenters. The fourth-order valence-electron chi connectivity index (χ4n) is 3.42. The van der Waals surface area contributed by atoms with Crippen LogP contribution in [-0.4, -0.2) is 43.7 Å². The molecule has 2 amide bonds. The highest BCUT2D eigenvalue weighted by atomic mass is 19.2. The van der Waals surface area contributed by atoms with E-state index in [4.69, 9.17) is 0 Å². The van der Waals surface area contributed by atoms with Gasteiger partial charge in [-0.2, -0.15) is 0 Å². The van der Waals surface area contributed by atoms with Crippen molar-refractivity contribution in [1.82, 2.24) is 10.2 Å². The summed E-state index contributed by atoms with van der Waals surface area (Å²) in [4.78, 5) is 16.4. The molecule has 1 saturated heterocycles. The van der Waals surface area contributed by atoms with E-state index in [2.05, 4.69) is 12.2 Å². The molecule has 0 spiro atoms. The number of nitrogens with one attached hydrogen (secondary N) is 1. The number of carbonyl (C=O) groups excluding carboxylic acids is 1. The minimum Gasteiger partial charge on any atom is -0.371 e. The Labute approximate surface area is 148 Å². The summed E-state index contributed by atoms with van der Waals surface area (Å²) in [6.07, 6.45) is 4.38. The van der Waals surface area contributed by atoms with Crippen molar-refractivity contribution < 1.29 is 13.6 Å². The number of benzene rings is 1. The zero-order chi connectivity index (χ0) is 17.8. The lowest BCUT2D eigenvalue weighted by molar-refractivity contribution is 0.193. The van der Waals surface area contributed by atoms with E-state index in [1.807, 2.05) is 9.80 Å². The molecular weight excluding hydrogens is 324 g/mol. The first-order chi connectivity index (χ1) is 12.1. The Bertz CT molecular complexity index is 606. The zero-order valence-electron chi connectivity index (χ0n) is 14.8. The molecule has 0 aromatic heterocycles. The smallest absolute Gasteiger partial charge is 0.317 e. The van der Waals surface area contributed by atoms with Gasteiger partial charge >= 0.3 is 6.03 Å². The highest BCUT2D eigenvalue weighted by Gasteiger charge is 2.28. The zero-order valence-corrected chi connectivity index (χ0v) is 14.8. The largest absolute Gasteiger partial charge is 0.371 e. The lowest BCUT2D eigenvalue weighted by Gasteiger charge is -2.24. The van der Waals surface area contributed by atoms with E-state index in [0.29, 0.717) is 24.1 Å². The van der Waals surface area contributed by atoms with Gasteiger partial charge in [0.05, 0.1) is 0 Å². The average molecular weight is 351 g/mol. The second-order valence-electron chi connectivity index (χ2n) is 7.27. The van der Waals surface area contributed by atoms with Crippen LogP contribution in [0.1, 0.15) is 32.6 Å². The van der Waals surface area contributed by atoms with Crippen molar-refractivity contribution in [3.8, 4) is 0 Å². The number of hydrogen-bond acceptors (Lipinski definition) is 2. The van der Waals surface area contributed by atoms with Crippen LogP contribution in [0, 0.1) is 23.5 Å². The van der Waals surface area contributed by atoms with Gasteiger partial charge in [-0.25, -0.2) is 13.6 Å². The van der Waals surface area contributed by atoms with E-state index < -0.39 is 11.6 Å². The molecule has 2 aliphatic rings. The van der Waals surface area contributed by atoms with E-state index in [1.54, 1.807) is 6.07 Å². The Balaban J connectivity index is 1.47. The highest BCUT2D eigenvalue weighted by Crippen LogP contribution is 2.30. The van der Waals surface area contributed by atoms with Gasteiger partial charge in [0.15, 0.2) is 11.6 Å². The number of urea groups is 1. The molecule has 0 radical (unpaired) electrons. The van der Waals surface area contributed by atoms with Crippen molar-refractivity contribution in [3.63, 3.8) is 0 Å². The van der Waals surface area contributed by atoms with Crippen molar-refractivity contribution in [1.29, 1.82) is 0 Å². The molecule has 1 unspecified atom stereocenters. The predicted octanol–water partition coefficient (Wildman–Crippen LogP) is 3.62. The van der Waals surface area contributed by atoms with Crippen LogP contribution in [0.2, 0.25) is 0 Å². The summed E-state index contributed by atoms with van der Waals surface area (Å²) in [5, 5.41) is 3.06. The Morgan fingerprint density at radius 1 is 1.24 bits per heavy atom. The van der Waals surface area contributed by atoms with Gasteiger partial charge in [0.25, 0.3) is 0 Å². The number of rotatable bonds is 7. The summed E-state index contributed by atoms with van der Waals surface area (Å²) < 4.78 is 26.4. The molecule has 138 valence electrons. The lowest BCUT2D eigenvalue weighted by atomic mass is 10.1. The van der Waals surface area contributed by atoms with Crippen molar-refractivity contribution >= 4 is 11.7 Å². The van der Waals surface area contributed by atoms with Crippen LogP contribution in [0.15, 0.2) is 18.2 Å². The Morgan fingerprint density at radius 3 is 2.72 bits per heavy atom. The van der Waals surface area contributed by atoms with Crippen LogP contribution in [-0.2, 0) is 0 Å². The SMILES string of the molecule is CCCN(CC1CC1)C(=O)NCC1CCN(c2ccc(F)c(F)c2)C1. The van der Waals surface area contributed by atoms with Crippen molar-refractivity contribution in [2.75, 3.05) is 37.6 Å². The standard InChI is InChI=1S/C19H27F2N3O/c1-2-8-24(12-14-3-4-14)19(25)22-11-15-7-9-23(13-15)16-5-6-17(20)18(21)10-16/h5-6,10,14-15H,2-4,7-9,11-13H2,1H3,(H,22,25). The van der Waals surface area contributed by atoms with Crippen LogP contribution in [0.3, 0.4) is 0 Å². The molecule has 1 heterocycles. The molecule has 1 aliphatic carbocycles. The number of halogens is 2. The van der Waals surface area contributed by atoms with Crippen LogP contribution in [0.25, 0.3) is 0 Å². The van der Waals surface area contributed by atoms with Crippen LogP contribution in [0.5, 0.6) is 0 Å². The van der Waals surface area contributed by atoms with Gasteiger partial charge < -0.3 is 15.1 Å². The van der Waals surface area contributed by atoms with Gasteiger partial charge in [-0.3, -0.25) is 0 Å². The third-order valence-corrected chi connectivity index (χ3v) is 5.05. The fraction of sp³-hybridized carbons (Fsp3) is 0.632. The second-order valence-corrected chi connectivity index (χ2v) is 7.27. The maximum atomic E-state index is 13.4. The average Bonchev–Trinajstić information content (AvgIpc) is 3.29. The molecule has 1 saturated carbocycles. The van der Waals surface area contributed by atoms with Crippen molar-refractivity contribution in [2.45, 2.75) is 32.6 Å². The van der Waals surface area contributed by atoms with E-state index >= 15 is 0 Å². The minimum absolute atomic E-state index is 0.0278. The first kappa shape index (κ1) is 18.0. The van der Waals surface area contributed by atoms with Gasteiger partial charge in [-0.15, -0.1) is 0 Å². The summed E-state index contributed by atoms with van der Waals surface area (Å²) in [5.74, 6) is -0.614. The first-order valence-electron chi connectivity index (χ1n) is 9.29. The van der Waals surface area contributed by atoms with Crippen LogP contribution >= 0.6 is 0 Å². The maximum absolute atomic E-state index is 13.4. The van der Waals surface area contributed by atoms with E-state index in [9.17, 15) is 13.6 Å². The fourth-order valence-corrected chi connectivity index (χ4v) is 3.42. The van der Waals surface area contributed by atoms with Gasteiger partial charge in [0, 0.05) is 44.5 Å². The molecule has 6 heteroatoms. The molecule has 1 aromatic rings. The summed E-state index contributed by atoms with van der Waals surface area (Å²) >= 11 is 0. The molecule has 3 rings (SSSR count). The van der Waals surface area contributed by atoms with Gasteiger partial charge in [-0.1, -0.05) is 6.92 Å². The number of amides is 2. The Morgan fingerprint density at radius 2 is 2.04 bits per heavy atom. The van der Waals surface area contributed by atoms with Gasteiger partial charge in [-0.05, 0) is 49.7 Å². The van der Waals surface area contributed by atoms with Crippen molar-refractivity contribution in [3.05, 3.63) is 29.8 Å². The topological polar surface area (TPSA) is 35.6 Å². The second kappa shape index (κ2) is 8.02. The maximum Gasteiger partial charge on any atom is 0.317 e. The monoisotopic (exact) mass is 351 g/mol. The van der Waals surface area contributed by atoms with Crippen LogP contribution in [0.4, 0.5) is 19.3 Å². The van der Waals surface area contributed by atoms with E-state index in [1.165, 1.54) is 25.0 Å². The van der Waals surface area contributed by atoms with E-state index in [-0.39, 0.29) is 6.03 Å². The number of nitrogens with zero attached hydrogens (tertiary/aromatic N) is 2. The predicted molar refractivity (Wildman–Crippen MR) is 94.7 cm³/mol. The van der Waals surface area contributed by atoms with Crippen LogP contribution < -0.4 is 10.2 Å². The number of carbonyl (C=O) groups is 1. The quantitative estimate of drug-likeness (QED) is 0.814. The van der Waals surface area contributed by atoms with E-state index in [0.717, 1.165) is 39.0 Å². The molecule has 1 aromatic carbocycles. The number of anilines is 1. The Hall–Kier alpha value is -1.85. The third-order valence-electron chi connectivity index (χ3n) is 5.05. The van der Waals surface area contributed by atoms with Crippen molar-refractivity contribution in [2.24, 2.45) is 11.8 Å². The minimum atomic E-state index is -0.821. The summed E-state index contributed by atoms with van der Waals surface area (Å²) in [6, 6.07) is 4.05. The van der Waals surface area contributed by atoms with Gasteiger partial charge in [0.1, 0.15) is 0 Å². The highest BCUT2D eigenvalue weighted by molar-refractivity contribution is 5.74. The summed E-state index contributed by atoms with van der Waals surface area (Å²) in [6.45, 7) is 5.93. The summed E-state index contributed by atoms with van der Waals surface area (Å²) in [7, 11) is 0. The first-order valence-corrected chi connectivity index (χ1v) is 9.29.